The average Bonchev–Trinajstić information content (AvgIpc) is 2.96. The Morgan fingerprint density at radius 3 is 2.75 bits per heavy atom. The molecular weight excluding hydrogens is 271 g/mol. The van der Waals surface area contributed by atoms with Crippen molar-refractivity contribution in [1.82, 2.24) is 24.6 Å². The van der Waals surface area contributed by atoms with Gasteiger partial charge in [-0.3, -0.25) is 4.68 Å². The second kappa shape index (κ2) is 6.08. The van der Waals surface area contributed by atoms with Crippen LogP contribution in [0, 0.1) is 0 Å². The summed E-state index contributed by atoms with van der Waals surface area (Å²) >= 11 is 0. The highest BCUT2D eigenvalue weighted by Crippen LogP contribution is 2.18. The molecule has 0 amide bonds. The van der Waals surface area contributed by atoms with Gasteiger partial charge in [-0.1, -0.05) is 0 Å². The molecule has 2 heterocycles. The normalized spacial score (nSPS) is 13.6. The first-order valence-corrected chi connectivity index (χ1v) is 6.21. The van der Waals surface area contributed by atoms with Crippen LogP contribution in [0.1, 0.15) is 12.7 Å². The summed E-state index contributed by atoms with van der Waals surface area (Å²) in [6.07, 6.45) is 1.99. The van der Waals surface area contributed by atoms with Crippen molar-refractivity contribution in [1.29, 1.82) is 0 Å². The molecule has 0 aliphatic rings. The Labute approximate surface area is 114 Å². The van der Waals surface area contributed by atoms with Crippen molar-refractivity contribution in [3.8, 4) is 0 Å². The number of rotatable bonds is 6. The third kappa shape index (κ3) is 4.37. The molecule has 1 unspecified atom stereocenters. The first-order valence-electron chi connectivity index (χ1n) is 6.21. The summed E-state index contributed by atoms with van der Waals surface area (Å²) in [6.45, 7) is 1.86. The molecule has 0 bridgehead atoms. The number of hydrogen-bond donors (Lipinski definition) is 1. The molecular formula is C12H16F3N5. The van der Waals surface area contributed by atoms with Crippen molar-refractivity contribution in [2.45, 2.75) is 38.8 Å². The molecule has 2 aromatic heterocycles. The lowest BCUT2D eigenvalue weighted by Gasteiger charge is -2.15. The average molecular weight is 287 g/mol. The third-order valence-electron chi connectivity index (χ3n) is 2.78. The molecule has 20 heavy (non-hydrogen) atoms. The number of aromatic nitrogens is 4. The zero-order valence-corrected chi connectivity index (χ0v) is 11.0. The largest absolute Gasteiger partial charge is 0.406 e. The Morgan fingerprint density at radius 1 is 1.30 bits per heavy atom. The van der Waals surface area contributed by atoms with Crippen molar-refractivity contribution < 1.29 is 13.2 Å². The standard InChI is InChI=1S/C12H16F3N5/c1-10(8-20-5-2-3-18-20)17-7-11-16-4-6-19(11)9-12(13,14)15/h2-6,10,17H,7-9H2,1H3. The lowest BCUT2D eigenvalue weighted by molar-refractivity contribution is -0.141. The zero-order valence-electron chi connectivity index (χ0n) is 11.0. The van der Waals surface area contributed by atoms with E-state index in [9.17, 15) is 13.2 Å². The van der Waals surface area contributed by atoms with E-state index in [-0.39, 0.29) is 12.6 Å². The Morgan fingerprint density at radius 2 is 2.10 bits per heavy atom. The van der Waals surface area contributed by atoms with Gasteiger partial charge >= 0.3 is 6.18 Å². The van der Waals surface area contributed by atoms with E-state index in [2.05, 4.69) is 15.4 Å². The topological polar surface area (TPSA) is 47.7 Å². The first kappa shape index (κ1) is 14.6. The van der Waals surface area contributed by atoms with E-state index < -0.39 is 12.7 Å². The van der Waals surface area contributed by atoms with Crippen molar-refractivity contribution in [3.63, 3.8) is 0 Å². The fourth-order valence-corrected chi connectivity index (χ4v) is 1.86. The lowest BCUT2D eigenvalue weighted by atomic mass is 10.3. The summed E-state index contributed by atoms with van der Waals surface area (Å²) in [5.74, 6) is 0.370. The van der Waals surface area contributed by atoms with E-state index in [4.69, 9.17) is 0 Å². The van der Waals surface area contributed by atoms with E-state index >= 15 is 0 Å². The van der Waals surface area contributed by atoms with E-state index in [0.717, 1.165) is 4.57 Å². The number of nitrogens with zero attached hydrogens (tertiary/aromatic N) is 4. The number of nitrogens with one attached hydrogen (secondary N) is 1. The summed E-state index contributed by atoms with van der Waals surface area (Å²) in [5.41, 5.74) is 0. The van der Waals surface area contributed by atoms with Crippen molar-refractivity contribution in [2.24, 2.45) is 0 Å². The molecule has 0 aliphatic heterocycles. The van der Waals surface area contributed by atoms with Crippen LogP contribution in [0.5, 0.6) is 0 Å². The maximum absolute atomic E-state index is 12.4. The van der Waals surface area contributed by atoms with Crippen LogP contribution in [0.15, 0.2) is 30.9 Å². The predicted octanol–water partition coefficient (Wildman–Crippen LogP) is 1.82. The maximum Gasteiger partial charge on any atom is 0.406 e. The van der Waals surface area contributed by atoms with Crippen molar-refractivity contribution >= 4 is 0 Å². The van der Waals surface area contributed by atoms with Gasteiger partial charge < -0.3 is 9.88 Å². The van der Waals surface area contributed by atoms with Gasteiger partial charge in [0.2, 0.25) is 0 Å². The molecule has 0 saturated heterocycles. The van der Waals surface area contributed by atoms with Gasteiger partial charge in [-0.25, -0.2) is 4.98 Å². The molecule has 110 valence electrons. The van der Waals surface area contributed by atoms with E-state index in [1.807, 2.05) is 19.2 Å². The van der Waals surface area contributed by atoms with E-state index in [0.29, 0.717) is 12.4 Å². The van der Waals surface area contributed by atoms with Crippen LogP contribution in [0.3, 0.4) is 0 Å². The van der Waals surface area contributed by atoms with Gasteiger partial charge in [-0.15, -0.1) is 0 Å². The Hall–Kier alpha value is -1.83. The van der Waals surface area contributed by atoms with Gasteiger partial charge in [0.1, 0.15) is 12.4 Å². The highest BCUT2D eigenvalue weighted by atomic mass is 19.4. The molecule has 1 N–H and O–H groups in total. The minimum atomic E-state index is -4.24. The number of hydrogen-bond acceptors (Lipinski definition) is 3. The molecule has 2 aromatic rings. The molecule has 0 spiro atoms. The molecule has 8 heteroatoms. The van der Waals surface area contributed by atoms with E-state index in [1.165, 1.54) is 12.4 Å². The highest BCUT2D eigenvalue weighted by molar-refractivity contribution is 4.93. The number of halogens is 3. The molecule has 0 aliphatic carbocycles. The smallest absolute Gasteiger partial charge is 0.325 e. The molecule has 2 rings (SSSR count). The highest BCUT2D eigenvalue weighted by Gasteiger charge is 2.28. The van der Waals surface area contributed by atoms with Crippen LogP contribution in [0.25, 0.3) is 0 Å². The summed E-state index contributed by atoms with van der Waals surface area (Å²) in [7, 11) is 0. The SMILES string of the molecule is CC(Cn1cccn1)NCc1nccn1CC(F)(F)F. The molecule has 0 radical (unpaired) electrons. The maximum atomic E-state index is 12.4. The van der Waals surface area contributed by atoms with Crippen LogP contribution in [-0.2, 0) is 19.6 Å². The van der Waals surface area contributed by atoms with Gasteiger partial charge in [0, 0.05) is 30.8 Å². The van der Waals surface area contributed by atoms with Crippen LogP contribution in [-0.4, -0.2) is 31.5 Å². The Kier molecular flexibility index (Phi) is 4.43. The summed E-state index contributed by atoms with van der Waals surface area (Å²) in [4.78, 5) is 3.95. The van der Waals surface area contributed by atoms with E-state index in [1.54, 1.807) is 10.9 Å². The monoisotopic (exact) mass is 287 g/mol. The fraction of sp³-hybridized carbons (Fsp3) is 0.500. The minimum absolute atomic E-state index is 0.0749. The molecule has 1 atom stereocenters. The number of imidazole rings is 1. The zero-order chi connectivity index (χ0) is 14.6. The van der Waals surface area contributed by atoms with Crippen LogP contribution < -0.4 is 5.32 Å². The summed E-state index contributed by atoms with van der Waals surface area (Å²) in [5, 5.41) is 7.21. The summed E-state index contributed by atoms with van der Waals surface area (Å²) < 4.78 is 40.0. The van der Waals surface area contributed by atoms with Gasteiger partial charge in [-0.2, -0.15) is 18.3 Å². The second-order valence-corrected chi connectivity index (χ2v) is 4.60. The minimum Gasteiger partial charge on any atom is -0.325 e. The van der Waals surface area contributed by atoms with Crippen molar-refractivity contribution in [3.05, 3.63) is 36.7 Å². The van der Waals surface area contributed by atoms with Gasteiger partial charge in [0.25, 0.3) is 0 Å². The lowest BCUT2D eigenvalue weighted by Crippen LogP contribution is -2.31. The molecule has 5 nitrogen and oxygen atoms in total. The van der Waals surface area contributed by atoms with Gasteiger partial charge in [0.15, 0.2) is 0 Å². The fourth-order valence-electron chi connectivity index (χ4n) is 1.86. The van der Waals surface area contributed by atoms with Crippen LogP contribution >= 0.6 is 0 Å². The van der Waals surface area contributed by atoms with Crippen LogP contribution in [0.2, 0.25) is 0 Å². The third-order valence-corrected chi connectivity index (χ3v) is 2.78. The molecule has 0 saturated carbocycles. The van der Waals surface area contributed by atoms with Gasteiger partial charge in [-0.05, 0) is 13.0 Å². The van der Waals surface area contributed by atoms with Gasteiger partial charge in [0.05, 0.1) is 13.1 Å². The second-order valence-electron chi connectivity index (χ2n) is 4.60. The Bertz CT molecular complexity index is 517. The molecule has 0 fully saturated rings. The van der Waals surface area contributed by atoms with Crippen molar-refractivity contribution in [2.75, 3.05) is 0 Å². The quantitative estimate of drug-likeness (QED) is 0.881. The molecule has 0 aromatic carbocycles. The number of alkyl halides is 3. The summed E-state index contributed by atoms with van der Waals surface area (Å²) in [6, 6.07) is 1.90. The first-order chi connectivity index (χ1) is 9.44. The Balaban J connectivity index is 1.86. The predicted molar refractivity (Wildman–Crippen MR) is 66.8 cm³/mol. The van der Waals surface area contributed by atoms with Crippen LogP contribution in [0.4, 0.5) is 13.2 Å².